The van der Waals surface area contributed by atoms with Crippen molar-refractivity contribution in [2.24, 2.45) is 0 Å². The first kappa shape index (κ1) is 15.2. The largest absolute Gasteiger partial charge is 0.377 e. The van der Waals surface area contributed by atoms with Crippen molar-refractivity contribution in [1.82, 2.24) is 14.5 Å². The van der Waals surface area contributed by atoms with Crippen molar-refractivity contribution in [3.8, 4) is 5.69 Å². The van der Waals surface area contributed by atoms with Crippen molar-refractivity contribution in [3.05, 3.63) is 42.2 Å². The number of nitrogens with one attached hydrogen (secondary N) is 1. The summed E-state index contributed by atoms with van der Waals surface area (Å²) in [5.74, 6) is 0. The molecule has 0 bridgehead atoms. The van der Waals surface area contributed by atoms with Gasteiger partial charge in [-0.2, -0.15) is 5.10 Å². The second-order valence-electron chi connectivity index (χ2n) is 5.35. The second-order valence-corrected chi connectivity index (χ2v) is 7.08. The van der Waals surface area contributed by atoms with Crippen LogP contribution in [0.5, 0.6) is 0 Å². The van der Waals surface area contributed by atoms with E-state index in [9.17, 15) is 8.42 Å². The molecule has 0 aliphatic carbocycles. The van der Waals surface area contributed by atoms with Crippen molar-refractivity contribution < 1.29 is 13.2 Å². The molecule has 0 saturated carbocycles. The van der Waals surface area contributed by atoms with Crippen LogP contribution in [-0.2, 0) is 14.8 Å². The molecule has 7 heteroatoms. The van der Waals surface area contributed by atoms with Gasteiger partial charge in [-0.1, -0.05) is 18.2 Å². The van der Waals surface area contributed by atoms with Gasteiger partial charge in [0.15, 0.2) is 0 Å². The number of nitrogens with zero attached hydrogens (tertiary/aromatic N) is 2. The van der Waals surface area contributed by atoms with E-state index in [2.05, 4.69) is 9.82 Å². The van der Waals surface area contributed by atoms with Crippen LogP contribution >= 0.6 is 0 Å². The summed E-state index contributed by atoms with van der Waals surface area (Å²) in [7, 11) is -3.58. The Balaban J connectivity index is 1.80. The summed E-state index contributed by atoms with van der Waals surface area (Å²) in [4.78, 5) is 0.203. The molecular weight excluding hydrogens is 302 g/mol. The minimum absolute atomic E-state index is 0.0285. The smallest absolute Gasteiger partial charge is 0.244 e. The van der Waals surface area contributed by atoms with Crippen LogP contribution in [0.4, 0.5) is 0 Å². The molecule has 1 aliphatic rings. The highest BCUT2D eigenvalue weighted by Crippen LogP contribution is 2.17. The summed E-state index contributed by atoms with van der Waals surface area (Å²) in [6.45, 7) is 2.70. The fourth-order valence-corrected chi connectivity index (χ4v) is 3.74. The standard InChI is InChI=1S/C15H19N3O3S/c1-12-15(11-18(17-12)13-6-3-2-4-7-13)22(19,20)16-10-14-8-5-9-21-14/h2-4,6-7,11,14,16H,5,8-10H2,1H3. The first-order valence-corrected chi connectivity index (χ1v) is 8.77. The van der Waals surface area contributed by atoms with E-state index in [1.54, 1.807) is 17.8 Å². The third-order valence-electron chi connectivity index (χ3n) is 3.69. The molecule has 118 valence electrons. The Morgan fingerprint density at radius 2 is 2.14 bits per heavy atom. The number of aryl methyl sites for hydroxylation is 1. The van der Waals surface area contributed by atoms with Crippen molar-refractivity contribution in [1.29, 1.82) is 0 Å². The molecule has 1 atom stereocenters. The van der Waals surface area contributed by atoms with Gasteiger partial charge in [-0.15, -0.1) is 0 Å². The molecule has 1 fully saturated rings. The monoisotopic (exact) mass is 321 g/mol. The first-order chi connectivity index (χ1) is 10.6. The number of hydrogen-bond acceptors (Lipinski definition) is 4. The minimum Gasteiger partial charge on any atom is -0.377 e. The summed E-state index contributed by atoms with van der Waals surface area (Å²) in [5.41, 5.74) is 1.30. The zero-order valence-corrected chi connectivity index (χ0v) is 13.2. The summed E-state index contributed by atoms with van der Waals surface area (Å²) in [6, 6.07) is 9.43. The lowest BCUT2D eigenvalue weighted by Crippen LogP contribution is -2.32. The molecule has 0 amide bonds. The molecule has 2 heterocycles. The summed E-state index contributed by atoms with van der Waals surface area (Å²) in [6.07, 6.45) is 3.39. The van der Waals surface area contributed by atoms with Gasteiger partial charge in [0.2, 0.25) is 10.0 Å². The maximum Gasteiger partial charge on any atom is 0.244 e. The van der Waals surface area contributed by atoms with Crippen molar-refractivity contribution in [2.75, 3.05) is 13.2 Å². The number of para-hydroxylation sites is 1. The van der Waals surface area contributed by atoms with Gasteiger partial charge in [0.25, 0.3) is 0 Å². The van der Waals surface area contributed by atoms with Crippen LogP contribution in [0, 0.1) is 6.92 Å². The van der Waals surface area contributed by atoms with Crippen LogP contribution in [0.2, 0.25) is 0 Å². The SMILES string of the molecule is Cc1nn(-c2ccccc2)cc1S(=O)(=O)NCC1CCCO1. The van der Waals surface area contributed by atoms with Crippen LogP contribution in [0.3, 0.4) is 0 Å². The molecule has 3 rings (SSSR count). The van der Waals surface area contributed by atoms with E-state index in [0.717, 1.165) is 18.5 Å². The zero-order valence-electron chi connectivity index (χ0n) is 12.4. The predicted octanol–water partition coefficient (Wildman–Crippen LogP) is 1.64. The lowest BCUT2D eigenvalue weighted by atomic mass is 10.2. The Kier molecular flexibility index (Phi) is 4.28. The number of rotatable bonds is 5. The molecule has 1 aromatic carbocycles. The maximum absolute atomic E-state index is 12.4. The number of sulfonamides is 1. The maximum atomic E-state index is 12.4. The van der Waals surface area contributed by atoms with Gasteiger partial charge in [0, 0.05) is 13.2 Å². The van der Waals surface area contributed by atoms with E-state index >= 15 is 0 Å². The van der Waals surface area contributed by atoms with E-state index in [0.29, 0.717) is 18.8 Å². The lowest BCUT2D eigenvalue weighted by molar-refractivity contribution is 0.114. The number of hydrogen-bond donors (Lipinski definition) is 1. The van der Waals surface area contributed by atoms with Gasteiger partial charge in [0.1, 0.15) is 4.90 Å². The van der Waals surface area contributed by atoms with Gasteiger partial charge in [-0.25, -0.2) is 17.8 Å². The van der Waals surface area contributed by atoms with Crippen LogP contribution < -0.4 is 4.72 Å². The summed E-state index contributed by atoms with van der Waals surface area (Å²) in [5, 5.41) is 4.29. The number of aromatic nitrogens is 2. The molecule has 2 aromatic rings. The van der Waals surface area contributed by atoms with Gasteiger partial charge < -0.3 is 4.74 Å². The van der Waals surface area contributed by atoms with Gasteiger partial charge >= 0.3 is 0 Å². The number of ether oxygens (including phenoxy) is 1. The third kappa shape index (κ3) is 3.21. The molecule has 1 saturated heterocycles. The summed E-state index contributed by atoms with van der Waals surface area (Å²) < 4.78 is 34.5. The van der Waals surface area contributed by atoms with E-state index in [4.69, 9.17) is 4.74 Å². The lowest BCUT2D eigenvalue weighted by Gasteiger charge is -2.10. The molecule has 6 nitrogen and oxygen atoms in total. The molecule has 1 N–H and O–H groups in total. The highest BCUT2D eigenvalue weighted by molar-refractivity contribution is 7.89. The van der Waals surface area contributed by atoms with Crippen molar-refractivity contribution >= 4 is 10.0 Å². The van der Waals surface area contributed by atoms with Gasteiger partial charge in [-0.05, 0) is 31.9 Å². The van der Waals surface area contributed by atoms with Crippen LogP contribution in [-0.4, -0.2) is 37.5 Å². The fraction of sp³-hybridized carbons (Fsp3) is 0.400. The zero-order chi connectivity index (χ0) is 15.6. The second kappa shape index (κ2) is 6.20. The Morgan fingerprint density at radius 3 is 2.82 bits per heavy atom. The van der Waals surface area contributed by atoms with Crippen molar-refractivity contribution in [2.45, 2.75) is 30.8 Å². The molecule has 0 spiro atoms. The molecule has 22 heavy (non-hydrogen) atoms. The predicted molar refractivity (Wildman–Crippen MR) is 82.5 cm³/mol. The molecule has 1 unspecified atom stereocenters. The van der Waals surface area contributed by atoms with Gasteiger partial charge in [-0.3, -0.25) is 0 Å². The average Bonchev–Trinajstić information content (AvgIpc) is 3.16. The molecule has 1 aromatic heterocycles. The highest BCUT2D eigenvalue weighted by atomic mass is 32.2. The number of benzene rings is 1. The van der Waals surface area contributed by atoms with Crippen molar-refractivity contribution in [3.63, 3.8) is 0 Å². The fourth-order valence-electron chi connectivity index (χ4n) is 2.51. The van der Waals surface area contributed by atoms with Gasteiger partial charge in [0.05, 0.1) is 23.7 Å². The minimum atomic E-state index is -3.58. The van der Waals surface area contributed by atoms with Crippen LogP contribution in [0.1, 0.15) is 18.5 Å². The highest BCUT2D eigenvalue weighted by Gasteiger charge is 2.23. The van der Waals surface area contributed by atoms with Crippen LogP contribution in [0.15, 0.2) is 41.4 Å². The third-order valence-corrected chi connectivity index (χ3v) is 5.22. The van der Waals surface area contributed by atoms with E-state index in [1.807, 2.05) is 30.3 Å². The molecule has 0 radical (unpaired) electrons. The topological polar surface area (TPSA) is 73.2 Å². The quantitative estimate of drug-likeness (QED) is 0.908. The Labute approximate surface area is 130 Å². The molecule has 1 aliphatic heterocycles. The Bertz CT molecular complexity index is 735. The Hall–Kier alpha value is -1.70. The Morgan fingerprint density at radius 1 is 1.36 bits per heavy atom. The van der Waals surface area contributed by atoms with E-state index in [1.165, 1.54) is 0 Å². The first-order valence-electron chi connectivity index (χ1n) is 7.29. The van der Waals surface area contributed by atoms with Crippen LogP contribution in [0.25, 0.3) is 5.69 Å². The summed E-state index contributed by atoms with van der Waals surface area (Å²) >= 11 is 0. The normalized spacial score (nSPS) is 18.7. The van der Waals surface area contributed by atoms with E-state index in [-0.39, 0.29) is 11.0 Å². The molecular formula is C15H19N3O3S. The average molecular weight is 321 g/mol. The van der Waals surface area contributed by atoms with E-state index < -0.39 is 10.0 Å².